The van der Waals surface area contributed by atoms with Crippen molar-refractivity contribution >= 4 is 0 Å². The third kappa shape index (κ3) is 5.17. The summed E-state index contributed by atoms with van der Waals surface area (Å²) in [6, 6.07) is 0. The fraction of sp³-hybridized carbons (Fsp3) is 0.833. The van der Waals surface area contributed by atoms with Gasteiger partial charge in [-0.15, -0.1) is 6.42 Å². The van der Waals surface area contributed by atoms with Crippen molar-refractivity contribution in [3.63, 3.8) is 0 Å². The zero-order chi connectivity index (χ0) is 10.9. The molecular weight excluding hydrogens is 188 g/mol. The minimum absolute atomic E-state index is 0.491. The molecule has 0 amide bonds. The van der Waals surface area contributed by atoms with Crippen LogP contribution in [0.4, 0.5) is 0 Å². The maximum atomic E-state index is 5.61. The molecule has 1 aliphatic heterocycles. The lowest BCUT2D eigenvalue weighted by molar-refractivity contribution is 0.0146. The average molecular weight is 210 g/mol. The molecule has 0 aliphatic carbocycles. The zero-order valence-corrected chi connectivity index (χ0v) is 9.67. The molecule has 0 aromatic rings. The Morgan fingerprint density at radius 1 is 1.47 bits per heavy atom. The molecule has 0 saturated carbocycles. The number of hydrogen-bond acceptors (Lipinski definition) is 3. The Balaban J connectivity index is 2.02. The molecule has 0 spiro atoms. The summed E-state index contributed by atoms with van der Waals surface area (Å²) in [5.74, 6) is 2.58. The van der Waals surface area contributed by atoms with Gasteiger partial charge in [-0.1, -0.05) is 5.92 Å². The van der Waals surface area contributed by atoms with Gasteiger partial charge < -0.3 is 15.0 Å². The largest absolute Gasteiger partial charge is 0.378 e. The SMILES string of the molecule is C#CCNCCN1CCC(OCC)CC1. The highest BCUT2D eigenvalue weighted by Gasteiger charge is 2.18. The Morgan fingerprint density at radius 3 is 2.80 bits per heavy atom. The molecule has 1 saturated heterocycles. The van der Waals surface area contributed by atoms with Gasteiger partial charge in [0, 0.05) is 32.8 Å². The van der Waals surface area contributed by atoms with Gasteiger partial charge in [0.15, 0.2) is 0 Å². The molecule has 1 heterocycles. The molecule has 1 rings (SSSR count). The van der Waals surface area contributed by atoms with Gasteiger partial charge >= 0.3 is 0 Å². The molecule has 0 atom stereocenters. The molecule has 0 unspecified atom stereocenters. The molecule has 3 heteroatoms. The molecule has 0 bridgehead atoms. The van der Waals surface area contributed by atoms with Crippen LogP contribution in [-0.2, 0) is 4.74 Å². The van der Waals surface area contributed by atoms with E-state index in [1.807, 2.05) is 0 Å². The lowest BCUT2D eigenvalue weighted by Gasteiger charge is -2.31. The van der Waals surface area contributed by atoms with Crippen LogP contribution in [0.2, 0.25) is 0 Å². The normalized spacial score (nSPS) is 18.9. The molecule has 86 valence electrons. The standard InChI is InChI=1S/C12H22N2O/c1-3-7-13-8-11-14-9-5-12(6-10-14)15-4-2/h1,12-13H,4-11H2,2H3. The van der Waals surface area contributed by atoms with E-state index in [0.29, 0.717) is 12.6 Å². The van der Waals surface area contributed by atoms with E-state index in [0.717, 1.165) is 32.8 Å². The van der Waals surface area contributed by atoms with Gasteiger partial charge in [0.2, 0.25) is 0 Å². The van der Waals surface area contributed by atoms with Crippen molar-refractivity contribution in [2.45, 2.75) is 25.9 Å². The van der Waals surface area contributed by atoms with Gasteiger partial charge in [0.05, 0.1) is 12.6 Å². The van der Waals surface area contributed by atoms with Gasteiger partial charge in [-0.05, 0) is 19.8 Å². The third-order valence-corrected chi connectivity index (χ3v) is 2.77. The van der Waals surface area contributed by atoms with Crippen molar-refractivity contribution in [2.75, 3.05) is 39.3 Å². The fourth-order valence-electron chi connectivity index (χ4n) is 1.93. The van der Waals surface area contributed by atoms with Gasteiger partial charge in [0.1, 0.15) is 0 Å². The van der Waals surface area contributed by atoms with Crippen molar-refractivity contribution in [3.05, 3.63) is 0 Å². The molecule has 1 aliphatic rings. The highest BCUT2D eigenvalue weighted by Crippen LogP contribution is 2.12. The topological polar surface area (TPSA) is 24.5 Å². The first-order valence-electron chi connectivity index (χ1n) is 5.85. The van der Waals surface area contributed by atoms with Crippen LogP contribution in [0.25, 0.3) is 0 Å². The first-order valence-corrected chi connectivity index (χ1v) is 5.85. The number of ether oxygens (including phenoxy) is 1. The second-order valence-corrected chi connectivity index (χ2v) is 3.88. The smallest absolute Gasteiger partial charge is 0.0599 e. The maximum Gasteiger partial charge on any atom is 0.0599 e. The summed E-state index contributed by atoms with van der Waals surface area (Å²) in [5.41, 5.74) is 0. The molecule has 3 nitrogen and oxygen atoms in total. The van der Waals surface area contributed by atoms with Crippen molar-refractivity contribution < 1.29 is 4.74 Å². The van der Waals surface area contributed by atoms with E-state index >= 15 is 0 Å². The van der Waals surface area contributed by atoms with Gasteiger partial charge in [-0.2, -0.15) is 0 Å². The van der Waals surface area contributed by atoms with E-state index in [2.05, 4.69) is 23.1 Å². The Labute approximate surface area is 93.2 Å². The van der Waals surface area contributed by atoms with Crippen molar-refractivity contribution in [2.24, 2.45) is 0 Å². The number of rotatable bonds is 6. The lowest BCUT2D eigenvalue weighted by Crippen LogP contribution is -2.40. The second-order valence-electron chi connectivity index (χ2n) is 3.88. The van der Waals surface area contributed by atoms with Gasteiger partial charge in [-0.25, -0.2) is 0 Å². The van der Waals surface area contributed by atoms with E-state index in [-0.39, 0.29) is 0 Å². The van der Waals surface area contributed by atoms with E-state index in [1.54, 1.807) is 0 Å². The molecule has 0 radical (unpaired) electrons. The Bertz CT molecular complexity index is 192. The Hall–Kier alpha value is -0.560. The first-order chi connectivity index (χ1) is 7.36. The van der Waals surface area contributed by atoms with Crippen LogP contribution in [0.5, 0.6) is 0 Å². The van der Waals surface area contributed by atoms with E-state index < -0.39 is 0 Å². The number of piperidine rings is 1. The molecule has 1 fully saturated rings. The number of likely N-dealkylation sites (tertiary alicyclic amines) is 1. The van der Waals surface area contributed by atoms with Crippen molar-refractivity contribution in [1.82, 2.24) is 10.2 Å². The van der Waals surface area contributed by atoms with Crippen LogP contribution in [0.1, 0.15) is 19.8 Å². The van der Waals surface area contributed by atoms with E-state index in [4.69, 9.17) is 11.2 Å². The Kier molecular flexibility index (Phi) is 6.42. The quantitative estimate of drug-likeness (QED) is 0.516. The summed E-state index contributed by atoms with van der Waals surface area (Å²) < 4.78 is 5.61. The minimum Gasteiger partial charge on any atom is -0.378 e. The van der Waals surface area contributed by atoms with Crippen LogP contribution >= 0.6 is 0 Å². The molecule has 15 heavy (non-hydrogen) atoms. The van der Waals surface area contributed by atoms with Crippen LogP contribution in [-0.4, -0.2) is 50.3 Å². The van der Waals surface area contributed by atoms with Crippen LogP contribution in [0.15, 0.2) is 0 Å². The highest BCUT2D eigenvalue weighted by atomic mass is 16.5. The highest BCUT2D eigenvalue weighted by molar-refractivity contribution is 4.86. The van der Waals surface area contributed by atoms with E-state index in [9.17, 15) is 0 Å². The van der Waals surface area contributed by atoms with Crippen LogP contribution in [0, 0.1) is 12.3 Å². The van der Waals surface area contributed by atoms with Crippen LogP contribution in [0.3, 0.4) is 0 Å². The summed E-state index contributed by atoms with van der Waals surface area (Å²) in [5, 5.41) is 3.21. The molecule has 0 aromatic heterocycles. The number of hydrogen-bond donors (Lipinski definition) is 1. The molecule has 1 N–H and O–H groups in total. The summed E-state index contributed by atoms with van der Waals surface area (Å²) in [4.78, 5) is 2.47. The lowest BCUT2D eigenvalue weighted by atomic mass is 10.1. The first kappa shape index (κ1) is 12.5. The predicted molar refractivity (Wildman–Crippen MR) is 62.8 cm³/mol. The average Bonchev–Trinajstić information content (AvgIpc) is 2.27. The van der Waals surface area contributed by atoms with Gasteiger partial charge in [0.25, 0.3) is 0 Å². The number of nitrogens with zero attached hydrogens (tertiary/aromatic N) is 1. The minimum atomic E-state index is 0.491. The summed E-state index contributed by atoms with van der Waals surface area (Å²) in [6.45, 7) is 7.98. The fourth-order valence-corrected chi connectivity index (χ4v) is 1.93. The van der Waals surface area contributed by atoms with Gasteiger partial charge in [-0.3, -0.25) is 0 Å². The summed E-state index contributed by atoms with van der Waals surface area (Å²) in [6.07, 6.45) is 7.99. The number of terminal acetylenes is 1. The van der Waals surface area contributed by atoms with Crippen molar-refractivity contribution in [1.29, 1.82) is 0 Å². The Morgan fingerprint density at radius 2 is 2.20 bits per heavy atom. The second kappa shape index (κ2) is 7.70. The molecular formula is C12H22N2O. The zero-order valence-electron chi connectivity index (χ0n) is 9.67. The van der Waals surface area contributed by atoms with Crippen molar-refractivity contribution in [3.8, 4) is 12.3 Å². The maximum absolute atomic E-state index is 5.61. The monoisotopic (exact) mass is 210 g/mol. The molecule has 0 aromatic carbocycles. The predicted octanol–water partition coefficient (Wildman–Crippen LogP) is 0.710. The summed E-state index contributed by atoms with van der Waals surface area (Å²) in [7, 11) is 0. The third-order valence-electron chi connectivity index (χ3n) is 2.77. The van der Waals surface area contributed by atoms with Crippen LogP contribution < -0.4 is 5.32 Å². The summed E-state index contributed by atoms with van der Waals surface area (Å²) >= 11 is 0. The van der Waals surface area contributed by atoms with E-state index in [1.165, 1.54) is 12.8 Å². The number of nitrogens with one attached hydrogen (secondary N) is 1.